The van der Waals surface area contributed by atoms with Crippen molar-refractivity contribution in [1.82, 2.24) is 0 Å². The van der Waals surface area contributed by atoms with Gasteiger partial charge in [0.25, 0.3) is 0 Å². The molecule has 1 saturated heterocycles. The Morgan fingerprint density at radius 2 is 1.29 bits per heavy atom. The Morgan fingerprint density at radius 1 is 0.929 bits per heavy atom. The van der Waals surface area contributed by atoms with Crippen LogP contribution in [0.3, 0.4) is 0 Å². The lowest BCUT2D eigenvalue weighted by atomic mass is 9.94. The molecule has 14 heavy (non-hydrogen) atoms. The molecule has 0 atom stereocenters. The van der Waals surface area contributed by atoms with Crippen molar-refractivity contribution in [2.24, 2.45) is 5.41 Å². The van der Waals surface area contributed by atoms with Crippen molar-refractivity contribution in [3.63, 3.8) is 0 Å². The van der Waals surface area contributed by atoms with E-state index < -0.39 is 0 Å². The van der Waals surface area contributed by atoms with Crippen LogP contribution in [-0.4, -0.2) is 19.0 Å². The molecule has 0 bridgehead atoms. The van der Waals surface area contributed by atoms with E-state index in [2.05, 4.69) is 27.7 Å². The Labute approximate surface area is 90.0 Å². The van der Waals surface area contributed by atoms with Crippen LogP contribution in [0.2, 0.25) is 0 Å². The van der Waals surface area contributed by atoms with Crippen molar-refractivity contribution in [3.8, 4) is 0 Å². The molecule has 2 nitrogen and oxygen atoms in total. The van der Waals surface area contributed by atoms with E-state index in [1.165, 1.54) is 0 Å². The second-order valence-corrected chi connectivity index (χ2v) is 4.36. The molecule has 0 radical (unpaired) electrons. The van der Waals surface area contributed by atoms with Gasteiger partial charge in [-0.3, -0.25) is 0 Å². The average Bonchev–Trinajstić information content (AvgIpc) is 2.06. The third-order valence-corrected chi connectivity index (χ3v) is 2.53. The molecule has 0 saturated carbocycles. The van der Waals surface area contributed by atoms with Gasteiger partial charge >= 0.3 is 0 Å². The van der Waals surface area contributed by atoms with E-state index in [0.717, 1.165) is 26.1 Å². The Morgan fingerprint density at radius 3 is 1.57 bits per heavy atom. The fourth-order valence-electron chi connectivity index (χ4n) is 1.40. The molecule has 0 aromatic heterocycles. The van der Waals surface area contributed by atoms with Crippen LogP contribution >= 0.6 is 0 Å². The number of hydrogen-bond donors (Lipinski definition) is 0. The molecule has 0 N–H and O–H groups in total. The van der Waals surface area contributed by atoms with Gasteiger partial charge in [0.2, 0.25) is 0 Å². The van der Waals surface area contributed by atoms with Gasteiger partial charge in [0.1, 0.15) is 0 Å². The van der Waals surface area contributed by atoms with Gasteiger partial charge in [0.15, 0.2) is 5.79 Å². The molecule has 1 heterocycles. The van der Waals surface area contributed by atoms with Crippen LogP contribution in [0.25, 0.3) is 0 Å². The number of ether oxygens (including phenoxy) is 2. The minimum Gasteiger partial charge on any atom is -0.349 e. The molecule has 2 heteroatoms. The minimum absolute atomic E-state index is 0. The van der Waals surface area contributed by atoms with Crippen molar-refractivity contribution < 1.29 is 9.47 Å². The maximum absolute atomic E-state index is 5.76. The van der Waals surface area contributed by atoms with Crippen LogP contribution in [0.4, 0.5) is 0 Å². The largest absolute Gasteiger partial charge is 0.349 e. The fraction of sp³-hybridized carbons (Fsp3) is 1.00. The molecule has 1 aliphatic rings. The van der Waals surface area contributed by atoms with Crippen molar-refractivity contribution in [2.75, 3.05) is 13.2 Å². The molecular weight excluding hydrogens is 176 g/mol. The van der Waals surface area contributed by atoms with Gasteiger partial charge in [0, 0.05) is 5.41 Å². The Bertz CT molecular complexity index is 136. The summed E-state index contributed by atoms with van der Waals surface area (Å²) in [5.41, 5.74) is 0.188. The Hall–Kier alpha value is -0.0800. The predicted octanol–water partition coefficient (Wildman–Crippen LogP) is 3.85. The lowest BCUT2D eigenvalue weighted by molar-refractivity contribution is -0.300. The topological polar surface area (TPSA) is 18.5 Å². The minimum atomic E-state index is -0.282. The quantitative estimate of drug-likeness (QED) is 0.680. The molecule has 0 unspecified atom stereocenters. The molecule has 0 aromatic carbocycles. The van der Waals surface area contributed by atoms with Gasteiger partial charge in [-0.05, 0) is 12.8 Å². The molecule has 0 amide bonds. The van der Waals surface area contributed by atoms with E-state index in [0.29, 0.717) is 0 Å². The molecule has 0 aliphatic carbocycles. The zero-order valence-electron chi connectivity index (χ0n) is 8.64. The maximum atomic E-state index is 5.76. The summed E-state index contributed by atoms with van der Waals surface area (Å²) in [5, 5.41) is 0. The van der Waals surface area contributed by atoms with Gasteiger partial charge in [-0.2, -0.15) is 0 Å². The van der Waals surface area contributed by atoms with Crippen LogP contribution in [-0.2, 0) is 9.47 Å². The predicted molar refractivity (Wildman–Crippen MR) is 62.5 cm³/mol. The fourth-order valence-corrected chi connectivity index (χ4v) is 1.40. The first-order chi connectivity index (χ1) is 5.54. The normalized spacial score (nSPS) is 23.1. The van der Waals surface area contributed by atoms with Crippen molar-refractivity contribution in [1.29, 1.82) is 0 Å². The average molecular weight is 204 g/mol. The number of rotatable bonds is 2. The van der Waals surface area contributed by atoms with E-state index >= 15 is 0 Å². The summed E-state index contributed by atoms with van der Waals surface area (Å²) in [7, 11) is 0. The van der Waals surface area contributed by atoms with E-state index in [4.69, 9.17) is 9.47 Å². The molecule has 1 fully saturated rings. The van der Waals surface area contributed by atoms with E-state index in [9.17, 15) is 0 Å². The number of hydrogen-bond acceptors (Lipinski definition) is 2. The molecule has 1 aliphatic heterocycles. The molecule has 1 rings (SSSR count). The van der Waals surface area contributed by atoms with Gasteiger partial charge in [0.05, 0.1) is 13.2 Å². The summed E-state index contributed by atoms with van der Waals surface area (Å²) in [6.07, 6.45) is 1.89. The second-order valence-electron chi connectivity index (χ2n) is 4.36. The highest BCUT2D eigenvalue weighted by Gasteiger charge is 2.37. The van der Waals surface area contributed by atoms with Crippen LogP contribution in [0.1, 0.15) is 55.4 Å². The van der Waals surface area contributed by atoms with Crippen LogP contribution < -0.4 is 0 Å². The first-order valence-corrected chi connectivity index (χ1v) is 4.81. The van der Waals surface area contributed by atoms with Crippen molar-refractivity contribution >= 4 is 0 Å². The summed E-state index contributed by atoms with van der Waals surface area (Å²) < 4.78 is 11.5. The first kappa shape index (κ1) is 16.4. The highest BCUT2D eigenvalue weighted by Crippen LogP contribution is 2.33. The van der Waals surface area contributed by atoms with Crippen molar-refractivity contribution in [2.45, 2.75) is 61.2 Å². The first-order valence-electron chi connectivity index (χ1n) is 4.81. The lowest BCUT2D eigenvalue weighted by Crippen LogP contribution is -2.46. The van der Waals surface area contributed by atoms with E-state index in [-0.39, 0.29) is 26.1 Å². The summed E-state index contributed by atoms with van der Waals surface area (Å²) in [5.74, 6) is -0.282. The highest BCUT2D eigenvalue weighted by molar-refractivity contribution is 4.78. The van der Waals surface area contributed by atoms with Gasteiger partial charge in [-0.1, -0.05) is 42.5 Å². The van der Waals surface area contributed by atoms with Gasteiger partial charge in [-0.15, -0.1) is 0 Å². The van der Waals surface area contributed by atoms with E-state index in [1.807, 2.05) is 0 Å². The smallest absolute Gasteiger partial charge is 0.167 e. The SMILES string of the molecule is C.C.CCC1(CC)OCC(C)(C)CO1. The van der Waals surface area contributed by atoms with Crippen molar-refractivity contribution in [3.05, 3.63) is 0 Å². The molecule has 88 valence electrons. The van der Waals surface area contributed by atoms with Gasteiger partial charge < -0.3 is 9.47 Å². The van der Waals surface area contributed by atoms with Crippen LogP contribution in [0.15, 0.2) is 0 Å². The summed E-state index contributed by atoms with van der Waals surface area (Å²) in [6, 6.07) is 0. The standard InChI is InChI=1S/C10H20O2.2CH4/c1-5-10(6-2)11-7-9(3,4)8-12-10;;/h5-8H2,1-4H3;2*1H4. The monoisotopic (exact) mass is 204 g/mol. The maximum Gasteiger partial charge on any atom is 0.167 e. The third kappa shape index (κ3) is 3.58. The Kier molecular flexibility index (Phi) is 6.68. The molecular formula is C12H28O2. The second kappa shape index (κ2) is 5.72. The van der Waals surface area contributed by atoms with E-state index in [1.54, 1.807) is 0 Å². The Balaban J connectivity index is 0. The molecule has 0 spiro atoms. The van der Waals surface area contributed by atoms with Gasteiger partial charge in [-0.25, -0.2) is 0 Å². The zero-order chi connectivity index (χ0) is 9.24. The van der Waals surface area contributed by atoms with Crippen LogP contribution in [0, 0.1) is 5.41 Å². The zero-order valence-corrected chi connectivity index (χ0v) is 8.64. The summed E-state index contributed by atoms with van der Waals surface area (Å²) in [4.78, 5) is 0. The lowest BCUT2D eigenvalue weighted by Gasteiger charge is -2.42. The third-order valence-electron chi connectivity index (χ3n) is 2.53. The highest BCUT2D eigenvalue weighted by atomic mass is 16.7. The summed E-state index contributed by atoms with van der Waals surface area (Å²) in [6.45, 7) is 10.2. The van der Waals surface area contributed by atoms with Crippen LogP contribution in [0.5, 0.6) is 0 Å². The molecule has 0 aromatic rings. The summed E-state index contributed by atoms with van der Waals surface area (Å²) >= 11 is 0.